The Morgan fingerprint density at radius 2 is 1.94 bits per heavy atom. The molecule has 1 heterocycles. The highest BCUT2D eigenvalue weighted by atomic mass is 19.4. The van der Waals surface area contributed by atoms with Gasteiger partial charge in [-0.05, 0) is 0 Å². The summed E-state index contributed by atoms with van der Waals surface area (Å²) in [4.78, 5) is 2.91. The molecule has 0 bridgehead atoms. The number of pyridine rings is 1. The van der Waals surface area contributed by atoms with E-state index in [0.717, 1.165) is 0 Å². The summed E-state index contributed by atoms with van der Waals surface area (Å²) >= 11 is 0. The number of aliphatic hydroxyl groups excluding tert-OH is 1. The van der Waals surface area contributed by atoms with Crippen molar-refractivity contribution in [2.24, 2.45) is 0 Å². The molecule has 17 heavy (non-hydrogen) atoms. The Balaban J connectivity index is 3.30. The van der Waals surface area contributed by atoms with Crippen LogP contribution < -0.4 is 4.74 Å². The highest BCUT2D eigenvalue weighted by Gasteiger charge is 2.35. The van der Waals surface area contributed by atoms with Crippen LogP contribution >= 0.6 is 0 Å². The van der Waals surface area contributed by atoms with Gasteiger partial charge < -0.3 is 14.9 Å². The van der Waals surface area contributed by atoms with E-state index in [9.17, 15) is 22.0 Å². The van der Waals surface area contributed by atoms with Gasteiger partial charge in [-0.3, -0.25) is 0 Å². The highest BCUT2D eigenvalue weighted by molar-refractivity contribution is 5.43. The molecule has 0 unspecified atom stereocenters. The van der Waals surface area contributed by atoms with E-state index in [1.807, 2.05) is 0 Å². The third-order valence-electron chi connectivity index (χ3n) is 1.76. The Labute approximate surface area is 91.3 Å². The van der Waals surface area contributed by atoms with Crippen molar-refractivity contribution in [3.8, 4) is 11.6 Å². The topological polar surface area (TPSA) is 62.6 Å². The minimum atomic E-state index is -5.19. The van der Waals surface area contributed by atoms with Crippen molar-refractivity contribution in [3.63, 3.8) is 0 Å². The maximum atomic E-state index is 12.5. The van der Waals surface area contributed by atoms with Crippen molar-refractivity contribution >= 4 is 0 Å². The second-order valence-corrected chi connectivity index (χ2v) is 2.85. The average Bonchev–Trinajstić information content (AvgIpc) is 2.17. The molecule has 0 radical (unpaired) electrons. The molecule has 96 valence electrons. The lowest BCUT2D eigenvalue weighted by Gasteiger charge is -2.14. The molecule has 0 amide bonds. The first-order valence-corrected chi connectivity index (χ1v) is 4.11. The van der Waals surface area contributed by atoms with Crippen molar-refractivity contribution in [2.45, 2.75) is 19.4 Å². The number of alkyl halides is 5. The van der Waals surface area contributed by atoms with Crippen LogP contribution in [0.1, 0.15) is 17.6 Å². The molecule has 1 aromatic heterocycles. The van der Waals surface area contributed by atoms with Crippen LogP contribution in [0.5, 0.6) is 11.6 Å². The summed E-state index contributed by atoms with van der Waals surface area (Å²) in [6, 6.07) is 0. The van der Waals surface area contributed by atoms with Crippen LogP contribution in [0.4, 0.5) is 22.0 Å². The van der Waals surface area contributed by atoms with Crippen molar-refractivity contribution in [1.29, 1.82) is 0 Å². The number of aromatic hydroxyl groups is 1. The molecule has 0 saturated carbocycles. The van der Waals surface area contributed by atoms with Gasteiger partial charge in [-0.1, -0.05) is 0 Å². The van der Waals surface area contributed by atoms with Crippen molar-refractivity contribution in [1.82, 2.24) is 4.98 Å². The zero-order chi connectivity index (χ0) is 13.2. The average molecular weight is 259 g/mol. The van der Waals surface area contributed by atoms with Crippen molar-refractivity contribution in [3.05, 3.63) is 17.3 Å². The maximum absolute atomic E-state index is 12.5. The van der Waals surface area contributed by atoms with Crippen LogP contribution in [0.15, 0.2) is 6.20 Å². The summed E-state index contributed by atoms with van der Waals surface area (Å²) in [5, 5.41) is 17.8. The molecule has 0 aliphatic carbocycles. The normalized spacial score (nSPS) is 11.9. The van der Waals surface area contributed by atoms with Crippen LogP contribution in [0, 0.1) is 0 Å². The lowest BCUT2D eigenvalue weighted by atomic mass is 10.1. The summed E-state index contributed by atoms with van der Waals surface area (Å²) in [5.41, 5.74) is -2.04. The van der Waals surface area contributed by atoms with Crippen molar-refractivity contribution < 1.29 is 36.9 Å². The van der Waals surface area contributed by atoms with Crippen LogP contribution in [-0.2, 0) is 6.61 Å². The van der Waals surface area contributed by atoms with E-state index in [4.69, 9.17) is 10.2 Å². The van der Waals surface area contributed by atoms with E-state index < -0.39 is 42.2 Å². The second-order valence-electron chi connectivity index (χ2n) is 2.85. The highest BCUT2D eigenvalue weighted by Crippen LogP contribution is 2.37. The number of halogens is 5. The molecule has 0 spiro atoms. The van der Waals surface area contributed by atoms with Crippen LogP contribution in [-0.4, -0.2) is 21.6 Å². The predicted molar refractivity (Wildman–Crippen MR) is 43.5 cm³/mol. The first kappa shape index (κ1) is 13.4. The third-order valence-corrected chi connectivity index (χ3v) is 1.76. The Bertz CT molecular complexity index is 407. The molecule has 1 aromatic rings. The fourth-order valence-corrected chi connectivity index (χ4v) is 1.12. The molecule has 4 nitrogen and oxygen atoms in total. The zero-order valence-electron chi connectivity index (χ0n) is 8.00. The number of ether oxygens (including phenoxy) is 1. The standard InChI is InChI=1S/C8H6F5NO3/c9-6(10)5-3(2-15)4(16)1-14-7(5)17-8(11,12)13/h1,6,15-16H,2H2. The van der Waals surface area contributed by atoms with Gasteiger partial charge in [0.1, 0.15) is 5.75 Å². The molecular formula is C8H6F5NO3. The van der Waals surface area contributed by atoms with E-state index >= 15 is 0 Å². The van der Waals surface area contributed by atoms with Gasteiger partial charge in [0, 0.05) is 5.56 Å². The Kier molecular flexibility index (Phi) is 3.71. The van der Waals surface area contributed by atoms with Gasteiger partial charge in [0.2, 0.25) is 5.88 Å². The molecule has 9 heteroatoms. The number of nitrogens with zero attached hydrogens (tertiary/aromatic N) is 1. The largest absolute Gasteiger partial charge is 0.574 e. The first-order chi connectivity index (χ1) is 7.76. The molecule has 2 N–H and O–H groups in total. The smallest absolute Gasteiger partial charge is 0.506 e. The zero-order valence-corrected chi connectivity index (χ0v) is 8.00. The van der Waals surface area contributed by atoms with Gasteiger partial charge in [0.25, 0.3) is 6.43 Å². The molecule has 0 saturated heterocycles. The van der Waals surface area contributed by atoms with E-state index in [2.05, 4.69) is 9.72 Å². The lowest BCUT2D eigenvalue weighted by molar-refractivity contribution is -0.276. The summed E-state index contributed by atoms with van der Waals surface area (Å²) < 4.78 is 64.0. The Morgan fingerprint density at radius 3 is 2.35 bits per heavy atom. The van der Waals surface area contributed by atoms with Gasteiger partial charge in [0.15, 0.2) is 0 Å². The lowest BCUT2D eigenvalue weighted by Crippen LogP contribution is -2.19. The quantitative estimate of drug-likeness (QED) is 0.816. The first-order valence-electron chi connectivity index (χ1n) is 4.11. The van der Waals surface area contributed by atoms with Crippen LogP contribution in [0.3, 0.4) is 0 Å². The number of hydrogen-bond acceptors (Lipinski definition) is 4. The van der Waals surface area contributed by atoms with Crippen LogP contribution in [0.2, 0.25) is 0 Å². The van der Waals surface area contributed by atoms with Gasteiger partial charge in [-0.2, -0.15) is 0 Å². The van der Waals surface area contributed by atoms with Crippen molar-refractivity contribution in [2.75, 3.05) is 0 Å². The summed E-state index contributed by atoms with van der Waals surface area (Å²) in [5.74, 6) is -2.23. The molecule has 0 atom stereocenters. The minimum absolute atomic E-state index is 0.485. The SMILES string of the molecule is OCc1c(O)cnc(OC(F)(F)F)c1C(F)F. The monoisotopic (exact) mass is 259 g/mol. The van der Waals surface area contributed by atoms with E-state index in [0.29, 0.717) is 6.20 Å². The maximum Gasteiger partial charge on any atom is 0.574 e. The minimum Gasteiger partial charge on any atom is -0.506 e. The summed E-state index contributed by atoms with van der Waals surface area (Å²) in [6.45, 7) is -1.07. The molecule has 0 aliphatic rings. The van der Waals surface area contributed by atoms with E-state index in [1.54, 1.807) is 0 Å². The number of aliphatic hydroxyl groups is 1. The molecular weight excluding hydrogens is 253 g/mol. The van der Waals surface area contributed by atoms with Gasteiger partial charge in [-0.15, -0.1) is 13.2 Å². The number of rotatable bonds is 3. The van der Waals surface area contributed by atoms with E-state index in [-0.39, 0.29) is 0 Å². The van der Waals surface area contributed by atoms with Gasteiger partial charge in [0.05, 0.1) is 18.4 Å². The predicted octanol–water partition coefficient (Wildman–Crippen LogP) is 2.12. The molecule has 0 aromatic carbocycles. The molecule has 0 fully saturated rings. The Hall–Kier alpha value is -1.64. The third kappa shape index (κ3) is 3.16. The summed E-state index contributed by atoms with van der Waals surface area (Å²) in [6.07, 6.45) is -8.09. The van der Waals surface area contributed by atoms with Gasteiger partial charge >= 0.3 is 6.36 Å². The summed E-state index contributed by atoms with van der Waals surface area (Å²) in [7, 11) is 0. The van der Waals surface area contributed by atoms with E-state index in [1.165, 1.54) is 0 Å². The molecule has 1 rings (SSSR count). The van der Waals surface area contributed by atoms with Crippen LogP contribution in [0.25, 0.3) is 0 Å². The second kappa shape index (κ2) is 4.70. The fourth-order valence-electron chi connectivity index (χ4n) is 1.12. The number of hydrogen-bond donors (Lipinski definition) is 2. The number of aromatic nitrogens is 1. The van der Waals surface area contributed by atoms with Gasteiger partial charge in [-0.25, -0.2) is 13.8 Å². The molecule has 0 aliphatic heterocycles. The fraction of sp³-hybridized carbons (Fsp3) is 0.375. The Morgan fingerprint density at radius 1 is 1.35 bits per heavy atom.